The minimum atomic E-state index is -0.757. The third-order valence-electron chi connectivity index (χ3n) is 2.80. The first-order valence-electron chi connectivity index (χ1n) is 5.55. The van der Waals surface area contributed by atoms with Gasteiger partial charge in [0.05, 0.1) is 7.11 Å². The molecule has 0 fully saturated rings. The molecule has 0 saturated carbocycles. The van der Waals surface area contributed by atoms with Crippen molar-refractivity contribution in [3.05, 3.63) is 52.1 Å². The molecule has 0 bridgehead atoms. The maximum Gasteiger partial charge on any atom is 0.343 e. The molecular formula is C14H12FNO3. The Labute approximate surface area is 108 Å². The molecule has 1 N–H and O–H groups in total. The summed E-state index contributed by atoms with van der Waals surface area (Å²) < 4.78 is 18.3. The summed E-state index contributed by atoms with van der Waals surface area (Å²) in [5.74, 6) is -1.21. The van der Waals surface area contributed by atoms with E-state index < -0.39 is 17.3 Å². The van der Waals surface area contributed by atoms with E-state index in [0.29, 0.717) is 22.0 Å². The molecule has 0 aliphatic rings. The van der Waals surface area contributed by atoms with E-state index in [2.05, 4.69) is 16.3 Å². The number of rotatable bonds is 2. The van der Waals surface area contributed by atoms with Crippen LogP contribution in [0.25, 0.3) is 16.5 Å². The molecular weight excluding hydrogens is 249 g/mol. The van der Waals surface area contributed by atoms with Crippen LogP contribution in [-0.2, 0) is 4.74 Å². The van der Waals surface area contributed by atoms with Crippen LogP contribution >= 0.6 is 0 Å². The standard InChI is InChI=1S/C14H12FNO3/c1-7(2)9-6-12-8(5-11(9)15)4-10(13(17)16-12)14(18)19-3/h4-6H,1H2,2-3H3,(H,16,17). The van der Waals surface area contributed by atoms with Gasteiger partial charge in [0.15, 0.2) is 0 Å². The summed E-state index contributed by atoms with van der Waals surface area (Å²) in [6, 6.07) is 4.06. The number of halogens is 1. The zero-order chi connectivity index (χ0) is 14.2. The Morgan fingerprint density at radius 1 is 1.32 bits per heavy atom. The van der Waals surface area contributed by atoms with E-state index in [1.165, 1.54) is 25.3 Å². The van der Waals surface area contributed by atoms with E-state index in [4.69, 9.17) is 0 Å². The molecule has 2 rings (SSSR count). The fraction of sp³-hybridized carbons (Fsp3) is 0.143. The highest BCUT2D eigenvalue weighted by Gasteiger charge is 2.13. The van der Waals surface area contributed by atoms with Crippen molar-refractivity contribution in [2.75, 3.05) is 7.11 Å². The van der Waals surface area contributed by atoms with E-state index in [-0.39, 0.29) is 5.56 Å². The van der Waals surface area contributed by atoms with Crippen molar-refractivity contribution in [2.45, 2.75) is 6.92 Å². The first-order chi connectivity index (χ1) is 8.93. The maximum absolute atomic E-state index is 13.8. The Balaban J connectivity index is 2.76. The quantitative estimate of drug-likeness (QED) is 0.845. The average molecular weight is 261 g/mol. The molecule has 1 heterocycles. The van der Waals surface area contributed by atoms with Crippen LogP contribution in [0.4, 0.5) is 4.39 Å². The SMILES string of the molecule is C=C(C)c1cc2[nH]c(=O)c(C(=O)OC)cc2cc1F. The molecule has 2 aromatic rings. The van der Waals surface area contributed by atoms with Crippen LogP contribution in [0.1, 0.15) is 22.8 Å². The van der Waals surface area contributed by atoms with Crippen LogP contribution in [0.3, 0.4) is 0 Å². The van der Waals surface area contributed by atoms with Gasteiger partial charge in [0, 0.05) is 16.5 Å². The lowest BCUT2D eigenvalue weighted by Crippen LogP contribution is -2.18. The van der Waals surface area contributed by atoms with Gasteiger partial charge in [-0.1, -0.05) is 6.58 Å². The highest BCUT2D eigenvalue weighted by atomic mass is 19.1. The lowest BCUT2D eigenvalue weighted by Gasteiger charge is -2.06. The Morgan fingerprint density at radius 3 is 2.58 bits per heavy atom. The lowest BCUT2D eigenvalue weighted by molar-refractivity contribution is 0.0599. The number of allylic oxidation sites excluding steroid dienone is 1. The number of hydrogen-bond donors (Lipinski definition) is 1. The highest BCUT2D eigenvalue weighted by Crippen LogP contribution is 2.22. The van der Waals surface area contributed by atoms with Gasteiger partial charge in [0.1, 0.15) is 11.4 Å². The molecule has 0 amide bonds. The number of nitrogens with one attached hydrogen (secondary N) is 1. The molecule has 0 spiro atoms. The maximum atomic E-state index is 13.8. The van der Waals surface area contributed by atoms with Crippen LogP contribution in [-0.4, -0.2) is 18.1 Å². The van der Waals surface area contributed by atoms with Gasteiger partial charge >= 0.3 is 5.97 Å². The zero-order valence-electron chi connectivity index (χ0n) is 10.5. The molecule has 0 unspecified atom stereocenters. The summed E-state index contributed by atoms with van der Waals surface area (Å²) in [5, 5.41) is 0.419. The van der Waals surface area contributed by atoms with Crippen molar-refractivity contribution in [1.29, 1.82) is 0 Å². The number of carbonyl (C=O) groups is 1. The van der Waals surface area contributed by atoms with Gasteiger partial charge in [-0.2, -0.15) is 0 Å². The molecule has 4 nitrogen and oxygen atoms in total. The summed E-state index contributed by atoms with van der Waals surface area (Å²) in [5.41, 5.74) is 0.597. The molecule has 1 aromatic heterocycles. The predicted octanol–water partition coefficient (Wildman–Crippen LogP) is 2.49. The van der Waals surface area contributed by atoms with Gasteiger partial charge in [-0.05, 0) is 30.7 Å². The summed E-state index contributed by atoms with van der Waals surface area (Å²) in [4.78, 5) is 25.6. The number of benzene rings is 1. The first-order valence-corrected chi connectivity index (χ1v) is 5.55. The van der Waals surface area contributed by atoms with Gasteiger partial charge in [-0.25, -0.2) is 9.18 Å². The number of methoxy groups -OCH3 is 1. The van der Waals surface area contributed by atoms with Gasteiger partial charge in [0.2, 0.25) is 0 Å². The van der Waals surface area contributed by atoms with Gasteiger partial charge < -0.3 is 9.72 Å². The van der Waals surface area contributed by atoms with Crippen LogP contribution < -0.4 is 5.56 Å². The molecule has 0 atom stereocenters. The third-order valence-corrected chi connectivity index (χ3v) is 2.80. The Bertz CT molecular complexity index is 746. The number of ether oxygens (including phenoxy) is 1. The number of aromatic amines is 1. The second-order valence-corrected chi connectivity index (χ2v) is 4.20. The molecule has 19 heavy (non-hydrogen) atoms. The number of H-pyrrole nitrogens is 1. The fourth-order valence-electron chi connectivity index (χ4n) is 1.82. The average Bonchev–Trinajstić information content (AvgIpc) is 2.36. The third kappa shape index (κ3) is 2.27. The Hall–Kier alpha value is -2.43. The minimum Gasteiger partial charge on any atom is -0.465 e. The Kier molecular flexibility index (Phi) is 3.21. The lowest BCUT2D eigenvalue weighted by atomic mass is 10.0. The van der Waals surface area contributed by atoms with Crippen molar-refractivity contribution in [3.63, 3.8) is 0 Å². The van der Waals surface area contributed by atoms with E-state index in [9.17, 15) is 14.0 Å². The molecule has 5 heteroatoms. The number of esters is 1. The smallest absolute Gasteiger partial charge is 0.343 e. The molecule has 0 aliphatic carbocycles. The summed E-state index contributed by atoms with van der Waals surface area (Å²) in [6.45, 7) is 5.34. The predicted molar refractivity (Wildman–Crippen MR) is 70.6 cm³/mol. The normalized spacial score (nSPS) is 10.5. The highest BCUT2D eigenvalue weighted by molar-refractivity contribution is 5.94. The number of fused-ring (bicyclic) bond motifs is 1. The van der Waals surface area contributed by atoms with E-state index in [0.717, 1.165) is 0 Å². The van der Waals surface area contributed by atoms with E-state index in [1.54, 1.807) is 6.92 Å². The van der Waals surface area contributed by atoms with Crippen molar-refractivity contribution in [3.8, 4) is 0 Å². The summed E-state index contributed by atoms with van der Waals surface area (Å²) >= 11 is 0. The van der Waals surface area contributed by atoms with E-state index >= 15 is 0 Å². The second kappa shape index (κ2) is 4.68. The molecule has 0 saturated heterocycles. The number of carbonyl (C=O) groups excluding carboxylic acids is 1. The van der Waals surface area contributed by atoms with Gasteiger partial charge in [0.25, 0.3) is 5.56 Å². The fourth-order valence-corrected chi connectivity index (χ4v) is 1.82. The van der Waals surface area contributed by atoms with Crippen molar-refractivity contribution >= 4 is 22.4 Å². The van der Waals surface area contributed by atoms with Crippen molar-refractivity contribution in [1.82, 2.24) is 4.98 Å². The van der Waals surface area contributed by atoms with E-state index in [1.807, 2.05) is 0 Å². The molecule has 98 valence electrons. The number of pyridine rings is 1. The van der Waals surface area contributed by atoms with Crippen LogP contribution in [0.15, 0.2) is 29.6 Å². The molecule has 1 aromatic carbocycles. The van der Waals surface area contributed by atoms with Crippen molar-refractivity contribution < 1.29 is 13.9 Å². The molecule has 0 aliphatic heterocycles. The zero-order valence-corrected chi connectivity index (χ0v) is 10.5. The van der Waals surface area contributed by atoms with Crippen molar-refractivity contribution in [2.24, 2.45) is 0 Å². The first kappa shape index (κ1) is 13.0. The second-order valence-electron chi connectivity index (χ2n) is 4.20. The molecule has 0 radical (unpaired) electrons. The monoisotopic (exact) mass is 261 g/mol. The Morgan fingerprint density at radius 2 is 2.00 bits per heavy atom. The van der Waals surface area contributed by atoms with Crippen LogP contribution in [0.2, 0.25) is 0 Å². The number of hydrogen-bond acceptors (Lipinski definition) is 3. The summed E-state index contributed by atoms with van der Waals surface area (Å²) in [6.07, 6.45) is 0. The van der Waals surface area contributed by atoms with Gasteiger partial charge in [-0.15, -0.1) is 0 Å². The minimum absolute atomic E-state index is 0.155. The summed E-state index contributed by atoms with van der Waals surface area (Å²) in [7, 11) is 1.18. The van der Waals surface area contributed by atoms with Crippen LogP contribution in [0.5, 0.6) is 0 Å². The van der Waals surface area contributed by atoms with Gasteiger partial charge in [-0.3, -0.25) is 4.79 Å². The van der Waals surface area contributed by atoms with Crippen LogP contribution in [0, 0.1) is 5.82 Å². The topological polar surface area (TPSA) is 59.2 Å². The largest absolute Gasteiger partial charge is 0.465 e. The number of aromatic nitrogens is 1.